The van der Waals surface area contributed by atoms with Crippen LogP contribution in [0.4, 0.5) is 0 Å². The Morgan fingerprint density at radius 3 is 2.48 bits per heavy atom. The Labute approximate surface area is 140 Å². The molecule has 0 N–H and O–H groups in total. The van der Waals surface area contributed by atoms with Crippen molar-refractivity contribution in [3.05, 3.63) is 29.8 Å². The van der Waals surface area contributed by atoms with Crippen LogP contribution in [0.3, 0.4) is 0 Å². The first-order chi connectivity index (χ1) is 11.1. The lowest BCUT2D eigenvalue weighted by atomic mass is 10.1. The number of hydrogen-bond donors (Lipinski definition) is 0. The fourth-order valence-corrected chi connectivity index (χ4v) is 2.27. The number of nitrogens with zero attached hydrogens (tertiary/aromatic N) is 1. The van der Waals surface area contributed by atoms with Gasteiger partial charge in [0.1, 0.15) is 11.3 Å². The number of carbonyl (C=O) groups excluding carboxylic acids is 1. The van der Waals surface area contributed by atoms with E-state index in [1.54, 1.807) is 6.07 Å². The molecule has 0 bridgehead atoms. The van der Waals surface area contributed by atoms with E-state index in [4.69, 9.17) is 9.47 Å². The number of para-hydroxylation sites is 1. The van der Waals surface area contributed by atoms with Gasteiger partial charge in [0, 0.05) is 6.54 Å². The molecule has 0 aromatic heterocycles. The van der Waals surface area contributed by atoms with Crippen LogP contribution in [0.5, 0.6) is 5.75 Å². The van der Waals surface area contributed by atoms with Crippen LogP contribution >= 0.6 is 0 Å². The summed E-state index contributed by atoms with van der Waals surface area (Å²) >= 11 is 0. The first-order valence-corrected chi connectivity index (χ1v) is 8.68. The Morgan fingerprint density at radius 2 is 1.74 bits per heavy atom. The van der Waals surface area contributed by atoms with E-state index in [1.165, 1.54) is 19.3 Å². The summed E-state index contributed by atoms with van der Waals surface area (Å²) in [5.41, 5.74) is 0.519. The SMILES string of the molecule is CCCCCCCOC(=O)c1ccccc1OCCCN(C)C. The molecule has 130 valence electrons. The van der Waals surface area contributed by atoms with Crippen LogP contribution in [0.2, 0.25) is 0 Å². The van der Waals surface area contributed by atoms with Gasteiger partial charge >= 0.3 is 5.97 Å². The van der Waals surface area contributed by atoms with Crippen molar-refractivity contribution in [2.45, 2.75) is 45.4 Å². The Balaban J connectivity index is 2.37. The highest BCUT2D eigenvalue weighted by Gasteiger charge is 2.13. The van der Waals surface area contributed by atoms with Gasteiger partial charge < -0.3 is 14.4 Å². The van der Waals surface area contributed by atoms with E-state index in [-0.39, 0.29) is 5.97 Å². The van der Waals surface area contributed by atoms with Crippen LogP contribution in [0.25, 0.3) is 0 Å². The molecule has 0 fully saturated rings. The second kappa shape index (κ2) is 11.9. The van der Waals surface area contributed by atoms with Gasteiger partial charge in [0.15, 0.2) is 0 Å². The quantitative estimate of drug-likeness (QED) is 0.428. The van der Waals surface area contributed by atoms with Gasteiger partial charge in [0.25, 0.3) is 0 Å². The lowest BCUT2D eigenvalue weighted by Gasteiger charge is -2.13. The standard InChI is InChI=1S/C19H31NO3/c1-4-5-6-7-10-15-23-19(21)17-12-8-9-13-18(17)22-16-11-14-20(2)3/h8-9,12-13H,4-7,10-11,14-16H2,1-3H3. The number of rotatable bonds is 12. The molecule has 0 aliphatic carbocycles. The average molecular weight is 321 g/mol. The van der Waals surface area contributed by atoms with Crippen molar-refractivity contribution in [2.75, 3.05) is 33.9 Å². The van der Waals surface area contributed by atoms with Crippen LogP contribution in [-0.2, 0) is 4.74 Å². The van der Waals surface area contributed by atoms with Gasteiger partial charge in [0.2, 0.25) is 0 Å². The molecule has 1 aromatic rings. The van der Waals surface area contributed by atoms with Crippen LogP contribution < -0.4 is 4.74 Å². The number of hydrogen-bond acceptors (Lipinski definition) is 4. The van der Waals surface area contributed by atoms with Gasteiger partial charge in [-0.15, -0.1) is 0 Å². The van der Waals surface area contributed by atoms with Gasteiger partial charge in [-0.3, -0.25) is 0 Å². The monoisotopic (exact) mass is 321 g/mol. The molecule has 0 spiro atoms. The van der Waals surface area contributed by atoms with Crippen molar-refractivity contribution >= 4 is 5.97 Å². The highest BCUT2D eigenvalue weighted by molar-refractivity contribution is 5.92. The molecular weight excluding hydrogens is 290 g/mol. The topological polar surface area (TPSA) is 38.8 Å². The molecule has 4 heteroatoms. The minimum absolute atomic E-state index is 0.288. The van der Waals surface area contributed by atoms with Crippen LogP contribution in [-0.4, -0.2) is 44.7 Å². The fraction of sp³-hybridized carbons (Fsp3) is 0.632. The van der Waals surface area contributed by atoms with E-state index in [1.807, 2.05) is 32.3 Å². The van der Waals surface area contributed by atoms with Crippen molar-refractivity contribution in [3.63, 3.8) is 0 Å². The highest BCUT2D eigenvalue weighted by atomic mass is 16.5. The van der Waals surface area contributed by atoms with Gasteiger partial charge in [-0.05, 0) is 39.1 Å². The van der Waals surface area contributed by atoms with Crippen molar-refractivity contribution in [2.24, 2.45) is 0 Å². The second-order valence-electron chi connectivity index (χ2n) is 6.05. The fourth-order valence-electron chi connectivity index (χ4n) is 2.27. The predicted molar refractivity (Wildman–Crippen MR) is 94.1 cm³/mol. The van der Waals surface area contributed by atoms with Crippen molar-refractivity contribution in [3.8, 4) is 5.75 Å². The van der Waals surface area contributed by atoms with E-state index in [0.717, 1.165) is 25.8 Å². The van der Waals surface area contributed by atoms with Gasteiger partial charge in [0.05, 0.1) is 13.2 Å². The first kappa shape index (κ1) is 19.5. The molecule has 4 nitrogen and oxygen atoms in total. The maximum absolute atomic E-state index is 12.2. The Morgan fingerprint density at radius 1 is 1.00 bits per heavy atom. The van der Waals surface area contributed by atoms with Crippen LogP contribution in [0, 0.1) is 0 Å². The zero-order valence-electron chi connectivity index (χ0n) is 14.8. The zero-order chi connectivity index (χ0) is 16.9. The molecule has 0 unspecified atom stereocenters. The van der Waals surface area contributed by atoms with Gasteiger partial charge in [-0.25, -0.2) is 4.79 Å². The van der Waals surface area contributed by atoms with Gasteiger partial charge in [-0.2, -0.15) is 0 Å². The lowest BCUT2D eigenvalue weighted by Crippen LogP contribution is -2.16. The minimum atomic E-state index is -0.288. The maximum Gasteiger partial charge on any atom is 0.341 e. The van der Waals surface area contributed by atoms with E-state index < -0.39 is 0 Å². The van der Waals surface area contributed by atoms with E-state index in [2.05, 4.69) is 11.8 Å². The summed E-state index contributed by atoms with van der Waals surface area (Å²) < 4.78 is 11.1. The number of unbranched alkanes of at least 4 members (excludes halogenated alkanes) is 4. The first-order valence-electron chi connectivity index (χ1n) is 8.68. The van der Waals surface area contributed by atoms with Crippen LogP contribution in [0.15, 0.2) is 24.3 Å². The van der Waals surface area contributed by atoms with Crippen LogP contribution in [0.1, 0.15) is 55.8 Å². The molecule has 0 saturated carbocycles. The Kier molecular flexibility index (Phi) is 10.1. The van der Waals surface area contributed by atoms with Gasteiger partial charge in [-0.1, -0.05) is 44.7 Å². The number of esters is 1. The molecule has 0 aliphatic rings. The zero-order valence-corrected chi connectivity index (χ0v) is 14.8. The molecule has 0 aliphatic heterocycles. The van der Waals surface area contributed by atoms with E-state index in [0.29, 0.717) is 24.5 Å². The maximum atomic E-state index is 12.2. The molecular formula is C19H31NO3. The number of benzene rings is 1. The van der Waals surface area contributed by atoms with Crippen molar-refractivity contribution in [1.82, 2.24) is 4.90 Å². The molecule has 0 heterocycles. The molecule has 23 heavy (non-hydrogen) atoms. The summed E-state index contributed by atoms with van der Waals surface area (Å²) in [6, 6.07) is 7.31. The summed E-state index contributed by atoms with van der Waals surface area (Å²) in [7, 11) is 4.07. The van der Waals surface area contributed by atoms with E-state index >= 15 is 0 Å². The Hall–Kier alpha value is -1.55. The second-order valence-corrected chi connectivity index (χ2v) is 6.05. The summed E-state index contributed by atoms with van der Waals surface area (Å²) in [4.78, 5) is 14.3. The third-order valence-electron chi connectivity index (χ3n) is 3.60. The highest BCUT2D eigenvalue weighted by Crippen LogP contribution is 2.19. The predicted octanol–water partition coefficient (Wildman–Crippen LogP) is 4.14. The molecule has 0 amide bonds. The largest absolute Gasteiger partial charge is 0.493 e. The normalized spacial score (nSPS) is 10.8. The lowest BCUT2D eigenvalue weighted by molar-refractivity contribution is 0.0493. The van der Waals surface area contributed by atoms with E-state index in [9.17, 15) is 4.79 Å². The summed E-state index contributed by atoms with van der Waals surface area (Å²) in [5.74, 6) is 0.325. The van der Waals surface area contributed by atoms with Crippen molar-refractivity contribution in [1.29, 1.82) is 0 Å². The third kappa shape index (κ3) is 8.60. The smallest absolute Gasteiger partial charge is 0.341 e. The average Bonchev–Trinajstić information content (AvgIpc) is 2.55. The minimum Gasteiger partial charge on any atom is -0.493 e. The molecule has 1 rings (SSSR count). The molecule has 1 aromatic carbocycles. The third-order valence-corrected chi connectivity index (χ3v) is 3.60. The molecule has 0 saturated heterocycles. The molecule has 0 atom stereocenters. The summed E-state index contributed by atoms with van der Waals surface area (Å²) in [6.07, 6.45) is 6.64. The number of carbonyl (C=O) groups is 1. The Bertz CT molecular complexity index is 446. The number of ether oxygens (including phenoxy) is 2. The summed E-state index contributed by atoms with van der Waals surface area (Å²) in [5, 5.41) is 0. The molecule has 0 radical (unpaired) electrons. The summed E-state index contributed by atoms with van der Waals surface area (Å²) in [6.45, 7) is 4.23. The van der Waals surface area contributed by atoms with Crippen molar-refractivity contribution < 1.29 is 14.3 Å².